The fourth-order valence-electron chi connectivity index (χ4n) is 5.82. The van der Waals surface area contributed by atoms with Gasteiger partial charge in [-0.2, -0.15) is 0 Å². The molecule has 3 aromatic carbocycles. The van der Waals surface area contributed by atoms with Crippen LogP contribution in [-0.2, 0) is 19.8 Å². The highest BCUT2D eigenvalue weighted by atomic mass is 16.6. The van der Waals surface area contributed by atoms with Gasteiger partial charge in [-0.3, -0.25) is 14.3 Å². The van der Waals surface area contributed by atoms with Gasteiger partial charge in [-0.1, -0.05) is 61.2 Å². The molecule has 0 bridgehead atoms. The number of hydrogen-bond donors (Lipinski definition) is 2. The number of hydrogen-bond acceptors (Lipinski definition) is 8. The van der Waals surface area contributed by atoms with Crippen LogP contribution < -0.4 is 20.7 Å². The molecule has 236 valence electrons. The Morgan fingerprint density at radius 2 is 1.53 bits per heavy atom. The molecule has 3 atom stereocenters. The number of aliphatic hydroxyl groups excluding tert-OH is 1. The van der Waals surface area contributed by atoms with Crippen molar-refractivity contribution in [2.24, 2.45) is 0 Å². The summed E-state index contributed by atoms with van der Waals surface area (Å²) >= 11 is 0. The van der Waals surface area contributed by atoms with Crippen molar-refractivity contribution in [1.29, 1.82) is 0 Å². The van der Waals surface area contributed by atoms with Gasteiger partial charge in [0.25, 0.3) is 5.56 Å². The van der Waals surface area contributed by atoms with Crippen LogP contribution in [0, 0.1) is 6.92 Å². The normalized spacial score (nSPS) is 19.8. The van der Waals surface area contributed by atoms with Gasteiger partial charge in [0, 0.05) is 18.2 Å². The number of aliphatic hydroxyl groups is 1. The summed E-state index contributed by atoms with van der Waals surface area (Å²) in [7, 11) is 3.23. The molecule has 4 aromatic rings. The second-order valence-corrected chi connectivity index (χ2v) is 11.1. The summed E-state index contributed by atoms with van der Waals surface area (Å²) < 4.78 is 31.7. The Hall–Kier alpha value is -4.48. The van der Waals surface area contributed by atoms with E-state index in [0.29, 0.717) is 22.6 Å². The first kappa shape index (κ1) is 31.9. The van der Waals surface area contributed by atoms with Crippen LogP contribution in [0.25, 0.3) is 0 Å². The molecule has 1 aliphatic heterocycles. The number of nitrogens with zero attached hydrogens (tertiary/aromatic N) is 1. The molecule has 0 radical (unpaired) electrons. The Bertz CT molecular complexity index is 1680. The van der Waals surface area contributed by atoms with E-state index >= 15 is 0 Å². The lowest BCUT2D eigenvalue weighted by Crippen LogP contribution is -2.43. The molecule has 10 nitrogen and oxygen atoms in total. The summed E-state index contributed by atoms with van der Waals surface area (Å²) in [6.45, 7) is 7.07. The van der Waals surface area contributed by atoms with Gasteiger partial charge in [0.2, 0.25) is 0 Å². The molecule has 5 rings (SSSR count). The predicted molar refractivity (Wildman–Crippen MR) is 169 cm³/mol. The molecule has 1 fully saturated rings. The number of aromatic amines is 1. The zero-order chi connectivity index (χ0) is 32.2. The minimum absolute atomic E-state index is 0.00579. The number of H-pyrrole nitrogens is 1. The number of rotatable bonds is 12. The molecular formula is C35H38N2O8. The van der Waals surface area contributed by atoms with Crippen LogP contribution in [0.5, 0.6) is 11.5 Å². The monoisotopic (exact) mass is 614 g/mol. The zero-order valence-corrected chi connectivity index (χ0v) is 25.8. The van der Waals surface area contributed by atoms with Crippen LogP contribution in [0.15, 0.2) is 107 Å². The van der Waals surface area contributed by atoms with E-state index in [1.54, 1.807) is 21.1 Å². The van der Waals surface area contributed by atoms with Crippen LogP contribution in [0.1, 0.15) is 41.8 Å². The molecular weight excluding hydrogens is 576 g/mol. The largest absolute Gasteiger partial charge is 0.497 e. The number of aryl methyl sites for hydroxylation is 1. The van der Waals surface area contributed by atoms with E-state index in [2.05, 4.69) is 11.6 Å². The first-order chi connectivity index (χ1) is 21.7. The Morgan fingerprint density at radius 3 is 2.04 bits per heavy atom. The van der Waals surface area contributed by atoms with E-state index in [0.717, 1.165) is 16.7 Å². The molecule has 1 saturated heterocycles. The minimum Gasteiger partial charge on any atom is -0.497 e. The molecule has 1 aliphatic rings. The lowest BCUT2D eigenvalue weighted by atomic mass is 9.79. The van der Waals surface area contributed by atoms with Crippen LogP contribution in [0.4, 0.5) is 0 Å². The number of aromatic nitrogens is 2. The Labute approximate surface area is 261 Å². The number of nitrogens with one attached hydrogen (secondary N) is 1. The van der Waals surface area contributed by atoms with E-state index in [-0.39, 0.29) is 13.0 Å². The fraction of sp³-hybridized carbons (Fsp3) is 0.314. The summed E-state index contributed by atoms with van der Waals surface area (Å²) in [6, 6.07) is 25.2. The lowest BCUT2D eigenvalue weighted by Gasteiger charge is -2.40. The molecule has 0 amide bonds. The Balaban J connectivity index is 1.64. The lowest BCUT2D eigenvalue weighted by molar-refractivity contribution is -0.138. The molecule has 45 heavy (non-hydrogen) atoms. The van der Waals surface area contributed by atoms with Gasteiger partial charge >= 0.3 is 5.69 Å². The smallest absolute Gasteiger partial charge is 0.330 e. The second-order valence-electron chi connectivity index (χ2n) is 11.1. The van der Waals surface area contributed by atoms with E-state index < -0.39 is 41.6 Å². The van der Waals surface area contributed by atoms with Gasteiger partial charge in [0.05, 0.1) is 20.8 Å². The van der Waals surface area contributed by atoms with Gasteiger partial charge in [0.1, 0.15) is 35.6 Å². The zero-order valence-electron chi connectivity index (χ0n) is 25.8. The third-order valence-corrected chi connectivity index (χ3v) is 8.38. The average molecular weight is 615 g/mol. The molecule has 2 heterocycles. The number of methoxy groups -OCH3 is 2. The number of ether oxygens (including phenoxy) is 5. The molecule has 0 unspecified atom stereocenters. The van der Waals surface area contributed by atoms with Crippen LogP contribution in [0.2, 0.25) is 0 Å². The van der Waals surface area contributed by atoms with Crippen molar-refractivity contribution in [1.82, 2.24) is 9.55 Å². The van der Waals surface area contributed by atoms with Gasteiger partial charge in [-0.05, 0) is 60.4 Å². The summed E-state index contributed by atoms with van der Waals surface area (Å²) in [5, 5.41) is 9.76. The molecule has 0 aliphatic carbocycles. The van der Waals surface area contributed by atoms with Crippen LogP contribution >= 0.6 is 0 Å². The third-order valence-electron chi connectivity index (χ3n) is 8.38. The van der Waals surface area contributed by atoms with E-state index in [1.807, 2.05) is 85.8 Å². The topological polar surface area (TPSA) is 121 Å². The van der Waals surface area contributed by atoms with Crippen molar-refractivity contribution in [2.75, 3.05) is 27.6 Å². The van der Waals surface area contributed by atoms with E-state index in [9.17, 15) is 14.7 Å². The van der Waals surface area contributed by atoms with Gasteiger partial charge < -0.3 is 28.8 Å². The highest BCUT2D eigenvalue weighted by molar-refractivity contribution is 5.50. The highest BCUT2D eigenvalue weighted by Gasteiger charge is 2.51. The van der Waals surface area contributed by atoms with Crippen molar-refractivity contribution in [3.63, 3.8) is 0 Å². The van der Waals surface area contributed by atoms with Crippen LogP contribution in [-0.4, -0.2) is 54.0 Å². The Morgan fingerprint density at radius 1 is 0.978 bits per heavy atom. The van der Waals surface area contributed by atoms with E-state index in [1.165, 1.54) is 10.8 Å². The summed E-state index contributed by atoms with van der Waals surface area (Å²) in [6.07, 6.45) is -0.0911. The van der Waals surface area contributed by atoms with Gasteiger partial charge in [0.15, 0.2) is 6.23 Å². The van der Waals surface area contributed by atoms with Gasteiger partial charge in [-0.15, -0.1) is 0 Å². The minimum atomic E-state index is -1.15. The standard InChI is InChI=1S/C35H38N2O8/c1-23(2)34(19-30(43-22-38)32(45-34)37-20-24(3)31(39)36-33(37)40)21-44-35(25-9-7-6-8-10-25,26-11-15-28(41-4)16-12-26)27-13-17-29(42-5)18-14-27/h6-18,20,30,32,38H,1,19,21-22H2,2-5H3,(H,36,39,40)/t30-,32-,34+/m1/s1. The third kappa shape index (κ3) is 6.10. The quantitative estimate of drug-likeness (QED) is 0.137. The van der Waals surface area contributed by atoms with Crippen molar-refractivity contribution in [3.8, 4) is 11.5 Å². The maximum atomic E-state index is 12.9. The summed E-state index contributed by atoms with van der Waals surface area (Å²) in [4.78, 5) is 27.4. The highest BCUT2D eigenvalue weighted by Crippen LogP contribution is 2.47. The molecule has 1 aromatic heterocycles. The average Bonchev–Trinajstić information content (AvgIpc) is 3.43. The first-order valence-electron chi connectivity index (χ1n) is 14.5. The van der Waals surface area contributed by atoms with E-state index in [4.69, 9.17) is 23.7 Å². The maximum absolute atomic E-state index is 12.9. The SMILES string of the molecule is C=C(C)[C@@]1(COC(c2ccccc2)(c2ccc(OC)cc2)c2ccc(OC)cc2)C[C@@H](OCO)[C@H](n2cc(C)c(=O)[nH]c2=O)O1. The molecule has 0 spiro atoms. The van der Waals surface area contributed by atoms with Crippen LogP contribution in [0.3, 0.4) is 0 Å². The van der Waals surface area contributed by atoms with Crippen molar-refractivity contribution < 1.29 is 28.8 Å². The molecule has 0 saturated carbocycles. The first-order valence-corrected chi connectivity index (χ1v) is 14.5. The summed E-state index contributed by atoms with van der Waals surface area (Å²) in [5.74, 6) is 1.39. The number of benzene rings is 3. The molecule has 2 N–H and O–H groups in total. The summed E-state index contributed by atoms with van der Waals surface area (Å²) in [5.41, 5.74) is 0.0656. The molecule has 10 heteroatoms. The van der Waals surface area contributed by atoms with Crippen molar-refractivity contribution in [3.05, 3.63) is 140 Å². The fourth-order valence-corrected chi connectivity index (χ4v) is 5.82. The predicted octanol–water partition coefficient (Wildman–Crippen LogP) is 4.44. The second kappa shape index (κ2) is 13.3. The Kier molecular flexibility index (Phi) is 9.40. The van der Waals surface area contributed by atoms with Gasteiger partial charge in [-0.25, -0.2) is 4.79 Å². The van der Waals surface area contributed by atoms with Crippen molar-refractivity contribution >= 4 is 0 Å². The maximum Gasteiger partial charge on any atom is 0.330 e. The van der Waals surface area contributed by atoms with Crippen molar-refractivity contribution in [2.45, 2.75) is 43.8 Å².